The molecule has 1 aromatic rings. The van der Waals surface area contributed by atoms with Crippen molar-refractivity contribution in [3.63, 3.8) is 0 Å². The van der Waals surface area contributed by atoms with Crippen LogP contribution in [0.2, 0.25) is 0 Å². The second-order valence-corrected chi connectivity index (χ2v) is 5.75. The van der Waals surface area contributed by atoms with Gasteiger partial charge >= 0.3 is 0 Å². The molecule has 24 heavy (non-hydrogen) atoms. The molecule has 1 heterocycles. The molecule has 1 saturated heterocycles. The number of nitrogens with zero attached hydrogens (tertiary/aromatic N) is 1. The van der Waals surface area contributed by atoms with E-state index in [0.717, 1.165) is 32.4 Å². The molecule has 1 amide bonds. The average Bonchev–Trinajstić information content (AvgIpc) is 2.60. The van der Waals surface area contributed by atoms with Gasteiger partial charge in [-0.15, -0.1) is 12.4 Å². The number of nitrogens with two attached hydrogens (primary N) is 1. The Balaban J connectivity index is 0.00000288. The molecule has 6 nitrogen and oxygen atoms in total. The third kappa shape index (κ3) is 4.45. The number of carbonyl (C=O) groups is 1. The highest BCUT2D eigenvalue weighted by atomic mass is 35.5. The summed E-state index contributed by atoms with van der Waals surface area (Å²) in [4.78, 5) is 14.7. The lowest BCUT2D eigenvalue weighted by atomic mass is 9.94. The number of methoxy groups -OCH3 is 3. The van der Waals surface area contributed by atoms with Gasteiger partial charge in [0.15, 0.2) is 11.5 Å². The first kappa shape index (κ1) is 20.4. The third-order valence-electron chi connectivity index (χ3n) is 4.29. The summed E-state index contributed by atoms with van der Waals surface area (Å²) in [5.74, 6) is 1.95. The average molecular weight is 359 g/mol. The topological polar surface area (TPSA) is 74.0 Å². The molecule has 0 bridgehead atoms. The van der Waals surface area contributed by atoms with Crippen LogP contribution in [0.4, 0.5) is 0 Å². The van der Waals surface area contributed by atoms with Gasteiger partial charge in [-0.3, -0.25) is 4.79 Å². The van der Waals surface area contributed by atoms with Crippen LogP contribution in [0.25, 0.3) is 0 Å². The van der Waals surface area contributed by atoms with Gasteiger partial charge in [0.25, 0.3) is 5.91 Å². The monoisotopic (exact) mass is 358 g/mol. The van der Waals surface area contributed by atoms with E-state index >= 15 is 0 Å². The number of amides is 1. The van der Waals surface area contributed by atoms with Crippen molar-refractivity contribution in [2.24, 2.45) is 11.7 Å². The number of benzene rings is 1. The smallest absolute Gasteiger partial charge is 0.254 e. The van der Waals surface area contributed by atoms with E-state index in [4.69, 9.17) is 19.9 Å². The van der Waals surface area contributed by atoms with Gasteiger partial charge in [-0.1, -0.05) is 0 Å². The number of ether oxygens (including phenoxy) is 3. The fourth-order valence-corrected chi connectivity index (χ4v) is 3.11. The molecule has 1 fully saturated rings. The summed E-state index contributed by atoms with van der Waals surface area (Å²) in [6.07, 6.45) is 3.11. The fraction of sp³-hybridized carbons (Fsp3) is 0.588. The predicted molar refractivity (Wildman–Crippen MR) is 95.6 cm³/mol. The number of halogens is 1. The number of hydrogen-bond donors (Lipinski definition) is 1. The Bertz CT molecular complexity index is 526. The van der Waals surface area contributed by atoms with Crippen molar-refractivity contribution < 1.29 is 19.0 Å². The van der Waals surface area contributed by atoms with Crippen LogP contribution in [0.3, 0.4) is 0 Å². The van der Waals surface area contributed by atoms with E-state index in [2.05, 4.69) is 0 Å². The number of carbonyl (C=O) groups excluding carboxylic acids is 1. The zero-order chi connectivity index (χ0) is 16.8. The summed E-state index contributed by atoms with van der Waals surface area (Å²) in [5.41, 5.74) is 6.20. The maximum atomic E-state index is 12.8. The van der Waals surface area contributed by atoms with Gasteiger partial charge < -0.3 is 24.8 Å². The van der Waals surface area contributed by atoms with Crippen LogP contribution >= 0.6 is 12.4 Å². The molecule has 7 heteroatoms. The lowest BCUT2D eigenvalue weighted by Crippen LogP contribution is -2.40. The summed E-state index contributed by atoms with van der Waals surface area (Å²) in [7, 11) is 4.64. The van der Waals surface area contributed by atoms with E-state index in [1.165, 1.54) is 0 Å². The Kier molecular flexibility index (Phi) is 8.15. The summed E-state index contributed by atoms with van der Waals surface area (Å²) in [5, 5.41) is 0. The molecule has 1 aliphatic rings. The fourth-order valence-electron chi connectivity index (χ4n) is 3.11. The van der Waals surface area contributed by atoms with E-state index in [1.54, 1.807) is 33.5 Å². The Labute approximate surface area is 149 Å². The zero-order valence-corrected chi connectivity index (χ0v) is 15.4. The van der Waals surface area contributed by atoms with Crippen LogP contribution in [0.5, 0.6) is 17.2 Å². The number of likely N-dealkylation sites (tertiary alicyclic amines) is 1. The van der Waals surface area contributed by atoms with E-state index in [9.17, 15) is 4.79 Å². The molecule has 0 saturated carbocycles. The molecule has 0 aliphatic carbocycles. The normalized spacial score (nSPS) is 17.0. The lowest BCUT2D eigenvalue weighted by Gasteiger charge is -2.33. The van der Waals surface area contributed by atoms with Gasteiger partial charge in [0.2, 0.25) is 5.75 Å². The molecule has 136 valence electrons. The van der Waals surface area contributed by atoms with Crippen molar-refractivity contribution in [3.05, 3.63) is 17.7 Å². The predicted octanol–water partition coefficient (Wildman–Crippen LogP) is 2.34. The van der Waals surface area contributed by atoms with Crippen molar-refractivity contribution in [1.82, 2.24) is 4.90 Å². The van der Waals surface area contributed by atoms with Crippen LogP contribution in [0.1, 0.15) is 29.6 Å². The first-order chi connectivity index (χ1) is 11.1. The molecule has 1 aromatic carbocycles. The van der Waals surface area contributed by atoms with Gasteiger partial charge in [-0.05, 0) is 43.9 Å². The first-order valence-corrected chi connectivity index (χ1v) is 7.93. The number of rotatable bonds is 6. The van der Waals surface area contributed by atoms with E-state index in [0.29, 0.717) is 35.3 Å². The highest BCUT2D eigenvalue weighted by Crippen LogP contribution is 2.38. The van der Waals surface area contributed by atoms with Gasteiger partial charge in [-0.25, -0.2) is 0 Å². The van der Waals surface area contributed by atoms with Gasteiger partial charge in [0.1, 0.15) is 0 Å². The van der Waals surface area contributed by atoms with E-state index < -0.39 is 0 Å². The Morgan fingerprint density at radius 1 is 1.21 bits per heavy atom. The van der Waals surface area contributed by atoms with Crippen molar-refractivity contribution in [1.29, 1.82) is 0 Å². The first-order valence-electron chi connectivity index (χ1n) is 7.93. The second-order valence-electron chi connectivity index (χ2n) is 5.75. The van der Waals surface area contributed by atoms with Crippen LogP contribution in [-0.2, 0) is 0 Å². The highest BCUT2D eigenvalue weighted by Gasteiger charge is 2.26. The van der Waals surface area contributed by atoms with Crippen LogP contribution in [0.15, 0.2) is 12.1 Å². The van der Waals surface area contributed by atoms with Crippen molar-refractivity contribution in [3.8, 4) is 17.2 Å². The summed E-state index contributed by atoms with van der Waals surface area (Å²) < 4.78 is 15.9. The van der Waals surface area contributed by atoms with Crippen molar-refractivity contribution >= 4 is 18.3 Å². The molecule has 1 unspecified atom stereocenters. The summed E-state index contributed by atoms with van der Waals surface area (Å²) >= 11 is 0. The Morgan fingerprint density at radius 2 is 1.83 bits per heavy atom. The zero-order valence-electron chi connectivity index (χ0n) is 14.5. The van der Waals surface area contributed by atoms with Crippen molar-refractivity contribution in [2.45, 2.75) is 19.3 Å². The minimum Gasteiger partial charge on any atom is -0.493 e. The maximum absolute atomic E-state index is 12.8. The minimum atomic E-state index is -0.00836. The standard InChI is InChI=1S/C17H26N2O4.ClH/c1-21-14-9-13(10-15(22-2)16(14)23-3)17(20)19-8-4-5-12(11-19)6-7-18;/h9-10,12H,4-8,11,18H2,1-3H3;1H. The summed E-state index contributed by atoms with van der Waals surface area (Å²) in [6.45, 7) is 2.19. The van der Waals surface area contributed by atoms with Gasteiger partial charge in [0.05, 0.1) is 21.3 Å². The minimum absolute atomic E-state index is 0. The van der Waals surface area contributed by atoms with Crippen LogP contribution in [-0.4, -0.2) is 51.8 Å². The molecule has 2 rings (SSSR count). The third-order valence-corrected chi connectivity index (χ3v) is 4.29. The number of piperidine rings is 1. The largest absolute Gasteiger partial charge is 0.493 e. The summed E-state index contributed by atoms with van der Waals surface area (Å²) in [6, 6.07) is 3.41. The molecule has 1 atom stereocenters. The quantitative estimate of drug-likeness (QED) is 0.844. The van der Waals surface area contributed by atoms with E-state index in [-0.39, 0.29) is 18.3 Å². The maximum Gasteiger partial charge on any atom is 0.254 e. The number of hydrogen-bond acceptors (Lipinski definition) is 5. The Hall–Kier alpha value is -1.66. The molecule has 1 aliphatic heterocycles. The molecule has 0 radical (unpaired) electrons. The SMILES string of the molecule is COc1cc(C(=O)N2CCCC(CCN)C2)cc(OC)c1OC.Cl. The molecule has 0 aromatic heterocycles. The van der Waals surface area contributed by atoms with Crippen LogP contribution in [0, 0.1) is 5.92 Å². The molecule has 0 spiro atoms. The van der Waals surface area contributed by atoms with Crippen molar-refractivity contribution in [2.75, 3.05) is 41.0 Å². The molecular weight excluding hydrogens is 332 g/mol. The van der Waals surface area contributed by atoms with Gasteiger partial charge in [0, 0.05) is 18.7 Å². The molecule has 2 N–H and O–H groups in total. The highest BCUT2D eigenvalue weighted by molar-refractivity contribution is 5.95. The molecular formula is C17H27ClN2O4. The second kappa shape index (κ2) is 9.59. The lowest BCUT2D eigenvalue weighted by molar-refractivity contribution is 0.0668. The van der Waals surface area contributed by atoms with Gasteiger partial charge in [-0.2, -0.15) is 0 Å². The van der Waals surface area contributed by atoms with Crippen LogP contribution < -0.4 is 19.9 Å². The van der Waals surface area contributed by atoms with E-state index in [1.807, 2.05) is 4.90 Å². The Morgan fingerprint density at radius 3 is 2.33 bits per heavy atom.